The summed E-state index contributed by atoms with van der Waals surface area (Å²) < 4.78 is 129. The fraction of sp³-hybridized carbons (Fsp3) is 0.286. The maximum absolute atomic E-state index is 15.4. The number of ether oxygens (including phenoxy) is 1. The van der Waals surface area contributed by atoms with Gasteiger partial charge in [-0.25, -0.2) is 26.3 Å². The highest BCUT2D eigenvalue weighted by molar-refractivity contribution is 5.86. The van der Waals surface area contributed by atoms with Crippen molar-refractivity contribution < 1.29 is 44.3 Å². The molecule has 38 heavy (non-hydrogen) atoms. The van der Waals surface area contributed by atoms with Crippen LogP contribution in [-0.4, -0.2) is 6.36 Å². The summed E-state index contributed by atoms with van der Waals surface area (Å²) in [5.41, 5.74) is -1.24. The fourth-order valence-electron chi connectivity index (χ4n) is 4.62. The monoisotopic (exact) mass is 544 g/mol. The lowest BCUT2D eigenvalue weighted by molar-refractivity contribution is -0.276. The Morgan fingerprint density at radius 3 is 1.92 bits per heavy atom. The number of allylic oxidation sites excluding steroid dienone is 1. The number of unbranched alkanes of at least 4 members (excludes halogenated alkanes) is 2. The highest BCUT2D eigenvalue weighted by Gasteiger charge is 2.34. The lowest BCUT2D eigenvalue weighted by atomic mass is 9.85. The van der Waals surface area contributed by atoms with Gasteiger partial charge in [0.25, 0.3) is 0 Å². The summed E-state index contributed by atoms with van der Waals surface area (Å²) in [6.07, 6.45) is -1.12. The molecule has 0 aromatic heterocycles. The molecule has 0 bridgehead atoms. The van der Waals surface area contributed by atoms with Gasteiger partial charge in [-0.15, -0.1) is 13.2 Å². The minimum atomic E-state index is -5.39. The van der Waals surface area contributed by atoms with Gasteiger partial charge in [0, 0.05) is 5.56 Å². The molecule has 10 heteroatoms. The molecular weight excluding hydrogens is 523 g/mol. The Labute approximate surface area is 212 Å². The molecule has 3 aromatic carbocycles. The number of aryl methyl sites for hydroxylation is 1. The smallest absolute Gasteiger partial charge is 0.399 e. The van der Waals surface area contributed by atoms with E-state index in [-0.39, 0.29) is 35.1 Å². The third kappa shape index (κ3) is 5.68. The Hall–Kier alpha value is -3.43. The number of hydrogen-bond acceptors (Lipinski definition) is 1. The van der Waals surface area contributed by atoms with Gasteiger partial charge in [0.15, 0.2) is 11.6 Å². The molecule has 0 heterocycles. The van der Waals surface area contributed by atoms with Crippen LogP contribution in [0, 0.1) is 34.9 Å². The molecule has 0 fully saturated rings. The molecule has 0 amide bonds. The number of rotatable bonds is 7. The Kier molecular flexibility index (Phi) is 7.80. The van der Waals surface area contributed by atoms with Crippen LogP contribution in [0.2, 0.25) is 0 Å². The molecule has 1 nitrogen and oxygen atoms in total. The van der Waals surface area contributed by atoms with Gasteiger partial charge in [0.05, 0.1) is 5.56 Å². The third-order valence-electron chi connectivity index (χ3n) is 6.32. The van der Waals surface area contributed by atoms with E-state index in [1.807, 2.05) is 6.92 Å². The topological polar surface area (TPSA) is 9.23 Å². The predicted octanol–water partition coefficient (Wildman–Crippen LogP) is 9.31. The highest BCUT2D eigenvalue weighted by atomic mass is 19.4. The van der Waals surface area contributed by atoms with Crippen molar-refractivity contribution >= 4 is 11.6 Å². The molecule has 202 valence electrons. The van der Waals surface area contributed by atoms with E-state index >= 15 is 4.39 Å². The first kappa shape index (κ1) is 27.6. The second kappa shape index (κ2) is 10.7. The molecule has 0 atom stereocenters. The van der Waals surface area contributed by atoms with E-state index in [2.05, 4.69) is 4.74 Å². The van der Waals surface area contributed by atoms with E-state index in [0.29, 0.717) is 24.1 Å². The molecule has 3 aromatic rings. The van der Waals surface area contributed by atoms with Crippen molar-refractivity contribution in [3.05, 3.63) is 87.5 Å². The van der Waals surface area contributed by atoms with E-state index in [0.717, 1.165) is 25.3 Å². The standard InChI is InChI=1S/C28H21F9O/c1-2-3-4-5-14-8-19(29)24(20(30)9-14)15-6-7-18-16(10-15)11-21(31)25(26(18)34)17-12-22(32)27(23(33)13-17)38-28(35,36)37/h8-13H,2-7H2,1H3. The molecule has 0 saturated carbocycles. The Morgan fingerprint density at radius 1 is 0.737 bits per heavy atom. The van der Waals surface area contributed by atoms with E-state index in [9.17, 15) is 35.1 Å². The zero-order valence-electron chi connectivity index (χ0n) is 20.0. The summed E-state index contributed by atoms with van der Waals surface area (Å²) >= 11 is 0. The second-order valence-electron chi connectivity index (χ2n) is 8.99. The average Bonchev–Trinajstić information content (AvgIpc) is 2.80. The minimum Gasteiger partial charge on any atom is -0.399 e. The summed E-state index contributed by atoms with van der Waals surface area (Å²) in [6, 6.07) is 3.98. The van der Waals surface area contributed by atoms with Crippen LogP contribution in [-0.2, 0) is 12.8 Å². The Morgan fingerprint density at radius 2 is 1.34 bits per heavy atom. The van der Waals surface area contributed by atoms with Crippen molar-refractivity contribution in [2.75, 3.05) is 0 Å². The summed E-state index contributed by atoms with van der Waals surface area (Å²) in [5, 5.41) is 0. The molecule has 0 saturated heterocycles. The lowest BCUT2D eigenvalue weighted by Crippen LogP contribution is -2.19. The van der Waals surface area contributed by atoms with Gasteiger partial charge >= 0.3 is 6.36 Å². The molecule has 0 spiro atoms. The molecule has 0 radical (unpaired) electrons. The molecule has 1 aliphatic rings. The molecule has 0 aliphatic heterocycles. The van der Waals surface area contributed by atoms with Crippen molar-refractivity contribution in [1.29, 1.82) is 0 Å². The Balaban J connectivity index is 1.71. The van der Waals surface area contributed by atoms with E-state index < -0.39 is 58.1 Å². The van der Waals surface area contributed by atoms with Crippen molar-refractivity contribution in [2.45, 2.75) is 51.8 Å². The SMILES string of the molecule is CCCCCc1cc(F)c(C2=Cc3cc(F)c(-c4cc(F)c(OC(F)(F)F)c(F)c4)c(F)c3CC2)c(F)c1. The zero-order chi connectivity index (χ0) is 27.8. The van der Waals surface area contributed by atoms with E-state index in [1.165, 1.54) is 18.2 Å². The lowest BCUT2D eigenvalue weighted by Gasteiger charge is -2.21. The maximum atomic E-state index is 15.4. The van der Waals surface area contributed by atoms with Crippen LogP contribution in [0.25, 0.3) is 22.8 Å². The highest BCUT2D eigenvalue weighted by Crippen LogP contribution is 2.40. The summed E-state index contributed by atoms with van der Waals surface area (Å²) in [7, 11) is 0. The first-order chi connectivity index (χ1) is 17.9. The minimum absolute atomic E-state index is 0.0148. The largest absolute Gasteiger partial charge is 0.573 e. The predicted molar refractivity (Wildman–Crippen MR) is 124 cm³/mol. The Bertz CT molecular complexity index is 1360. The zero-order valence-corrected chi connectivity index (χ0v) is 20.0. The number of benzene rings is 3. The van der Waals surface area contributed by atoms with Crippen molar-refractivity contribution in [1.82, 2.24) is 0 Å². The van der Waals surface area contributed by atoms with Crippen molar-refractivity contribution in [3.63, 3.8) is 0 Å². The molecule has 1 aliphatic carbocycles. The van der Waals surface area contributed by atoms with Gasteiger partial charge < -0.3 is 4.74 Å². The van der Waals surface area contributed by atoms with Crippen LogP contribution < -0.4 is 4.74 Å². The third-order valence-corrected chi connectivity index (χ3v) is 6.32. The second-order valence-corrected chi connectivity index (χ2v) is 8.99. The van der Waals surface area contributed by atoms with Crippen LogP contribution >= 0.6 is 0 Å². The number of halogens is 9. The van der Waals surface area contributed by atoms with Crippen molar-refractivity contribution in [2.24, 2.45) is 0 Å². The number of hydrogen-bond donors (Lipinski definition) is 0. The molecule has 4 rings (SSSR count). The summed E-state index contributed by atoms with van der Waals surface area (Å²) in [6.45, 7) is 2.01. The fourth-order valence-corrected chi connectivity index (χ4v) is 4.62. The van der Waals surface area contributed by atoms with Gasteiger partial charge in [0.1, 0.15) is 23.3 Å². The van der Waals surface area contributed by atoms with Crippen LogP contribution in [0.3, 0.4) is 0 Å². The van der Waals surface area contributed by atoms with Gasteiger partial charge in [-0.1, -0.05) is 25.8 Å². The molecular formula is C28H21F9O. The molecule has 0 N–H and O–H groups in total. The first-order valence-electron chi connectivity index (χ1n) is 11.8. The number of fused-ring (bicyclic) bond motifs is 1. The summed E-state index contributed by atoms with van der Waals surface area (Å²) in [5.74, 6) is -9.42. The summed E-state index contributed by atoms with van der Waals surface area (Å²) in [4.78, 5) is 0. The number of alkyl halides is 3. The average molecular weight is 544 g/mol. The van der Waals surface area contributed by atoms with Crippen molar-refractivity contribution in [3.8, 4) is 16.9 Å². The molecule has 0 unspecified atom stereocenters. The van der Waals surface area contributed by atoms with Gasteiger partial charge in [0.2, 0.25) is 5.75 Å². The maximum Gasteiger partial charge on any atom is 0.573 e. The van der Waals surface area contributed by atoms with Crippen LogP contribution in [0.5, 0.6) is 5.75 Å². The van der Waals surface area contributed by atoms with E-state index in [4.69, 9.17) is 0 Å². The van der Waals surface area contributed by atoms with E-state index in [1.54, 1.807) is 0 Å². The van der Waals surface area contributed by atoms with Gasteiger partial charge in [-0.3, -0.25) is 0 Å². The van der Waals surface area contributed by atoms with Gasteiger partial charge in [-0.05, 0) is 83.8 Å². The van der Waals surface area contributed by atoms with Crippen LogP contribution in [0.15, 0.2) is 30.3 Å². The first-order valence-corrected chi connectivity index (χ1v) is 11.8. The quantitative estimate of drug-likeness (QED) is 0.213. The van der Waals surface area contributed by atoms with Gasteiger partial charge in [-0.2, -0.15) is 0 Å². The van der Waals surface area contributed by atoms with Crippen LogP contribution in [0.4, 0.5) is 39.5 Å². The normalized spacial score (nSPS) is 13.4. The van der Waals surface area contributed by atoms with Crippen LogP contribution in [0.1, 0.15) is 54.9 Å².